The Morgan fingerprint density at radius 1 is 0.966 bits per heavy atom. The highest BCUT2D eigenvalue weighted by Crippen LogP contribution is 2.25. The second-order valence-electron chi connectivity index (χ2n) is 6.23. The summed E-state index contributed by atoms with van der Waals surface area (Å²) in [6.45, 7) is 1.81. The van der Waals surface area contributed by atoms with Gasteiger partial charge in [0.2, 0.25) is 0 Å². The summed E-state index contributed by atoms with van der Waals surface area (Å²) in [5.74, 6) is 0.164. The van der Waals surface area contributed by atoms with E-state index >= 15 is 0 Å². The van der Waals surface area contributed by atoms with Crippen LogP contribution in [0.5, 0.6) is 0 Å². The second-order valence-corrected chi connectivity index (χ2v) is 6.23. The van der Waals surface area contributed by atoms with Crippen molar-refractivity contribution in [1.29, 1.82) is 0 Å². The number of furan rings is 1. The number of aryl methyl sites for hydroxylation is 1. The molecule has 2 amide bonds. The largest absolute Gasteiger partial charge is 0.460 e. The molecule has 2 N–H and O–H groups in total. The van der Waals surface area contributed by atoms with E-state index in [0.29, 0.717) is 22.8 Å². The standard InChI is InChI=1S/C21H17N5O3/c1-14-9-10-18(29-14)19-17(13-26(25-19)16-7-3-2-4-8-16)21(28)24-23-20(27)15-6-5-11-22-12-15/h2-13H,1H3,(H,23,27)(H,24,28). The average Bonchev–Trinajstić information content (AvgIpc) is 3.39. The maximum absolute atomic E-state index is 12.8. The van der Waals surface area contributed by atoms with Gasteiger partial charge in [0.25, 0.3) is 11.8 Å². The lowest BCUT2D eigenvalue weighted by Gasteiger charge is -2.06. The molecule has 1 aromatic carbocycles. The summed E-state index contributed by atoms with van der Waals surface area (Å²) in [7, 11) is 0. The predicted octanol–water partition coefficient (Wildman–Crippen LogP) is 2.91. The minimum Gasteiger partial charge on any atom is -0.460 e. The number of amides is 2. The Morgan fingerprint density at radius 2 is 1.76 bits per heavy atom. The fourth-order valence-electron chi connectivity index (χ4n) is 2.75. The molecule has 0 aliphatic rings. The van der Waals surface area contributed by atoms with Crippen molar-refractivity contribution >= 4 is 11.8 Å². The minimum atomic E-state index is -0.520. The lowest BCUT2D eigenvalue weighted by Crippen LogP contribution is -2.41. The molecule has 0 atom stereocenters. The van der Waals surface area contributed by atoms with Crippen LogP contribution in [0.2, 0.25) is 0 Å². The van der Waals surface area contributed by atoms with Crippen LogP contribution in [0, 0.1) is 6.92 Å². The van der Waals surface area contributed by atoms with Crippen LogP contribution in [0.3, 0.4) is 0 Å². The van der Waals surface area contributed by atoms with Crippen molar-refractivity contribution < 1.29 is 14.0 Å². The van der Waals surface area contributed by atoms with E-state index in [-0.39, 0.29) is 5.56 Å². The molecule has 0 aliphatic carbocycles. The monoisotopic (exact) mass is 387 g/mol. The maximum Gasteiger partial charge on any atom is 0.273 e. The number of para-hydroxylation sites is 1. The summed E-state index contributed by atoms with van der Waals surface area (Å²) in [4.78, 5) is 28.8. The van der Waals surface area contributed by atoms with Crippen molar-refractivity contribution in [3.63, 3.8) is 0 Å². The molecule has 144 valence electrons. The van der Waals surface area contributed by atoms with Crippen molar-refractivity contribution in [2.75, 3.05) is 0 Å². The maximum atomic E-state index is 12.8. The van der Waals surface area contributed by atoms with E-state index in [2.05, 4.69) is 20.9 Å². The number of aromatic nitrogens is 3. The smallest absolute Gasteiger partial charge is 0.273 e. The Morgan fingerprint density at radius 3 is 2.45 bits per heavy atom. The molecule has 0 radical (unpaired) electrons. The van der Waals surface area contributed by atoms with Crippen LogP contribution in [0.1, 0.15) is 26.5 Å². The highest BCUT2D eigenvalue weighted by Gasteiger charge is 2.21. The zero-order chi connectivity index (χ0) is 20.2. The predicted molar refractivity (Wildman–Crippen MR) is 105 cm³/mol. The first-order valence-corrected chi connectivity index (χ1v) is 8.84. The Labute approximate surface area is 166 Å². The van der Waals surface area contributed by atoms with Crippen LogP contribution in [-0.2, 0) is 0 Å². The van der Waals surface area contributed by atoms with E-state index in [1.807, 2.05) is 37.3 Å². The number of hydrogen-bond donors (Lipinski definition) is 2. The molecule has 3 aromatic heterocycles. The Balaban J connectivity index is 1.62. The van der Waals surface area contributed by atoms with Gasteiger partial charge in [-0.15, -0.1) is 0 Å². The van der Waals surface area contributed by atoms with Gasteiger partial charge in [-0.25, -0.2) is 4.68 Å². The van der Waals surface area contributed by atoms with Gasteiger partial charge in [0.1, 0.15) is 11.5 Å². The van der Waals surface area contributed by atoms with Crippen LogP contribution in [0.25, 0.3) is 17.1 Å². The molecule has 0 unspecified atom stereocenters. The van der Waals surface area contributed by atoms with Crippen molar-refractivity contribution in [2.24, 2.45) is 0 Å². The number of nitrogens with one attached hydrogen (secondary N) is 2. The SMILES string of the molecule is Cc1ccc(-c2nn(-c3ccccc3)cc2C(=O)NNC(=O)c2cccnc2)o1. The lowest BCUT2D eigenvalue weighted by atomic mass is 10.2. The number of pyridine rings is 1. The highest BCUT2D eigenvalue weighted by molar-refractivity contribution is 6.01. The van der Waals surface area contributed by atoms with Gasteiger partial charge in [-0.05, 0) is 43.3 Å². The van der Waals surface area contributed by atoms with Gasteiger partial charge in [-0.1, -0.05) is 18.2 Å². The molecule has 0 saturated carbocycles. The van der Waals surface area contributed by atoms with Gasteiger partial charge in [0, 0.05) is 18.6 Å². The fraction of sp³-hybridized carbons (Fsp3) is 0.0476. The third-order valence-corrected chi connectivity index (χ3v) is 4.17. The van der Waals surface area contributed by atoms with Crippen LogP contribution in [0.4, 0.5) is 0 Å². The first-order chi connectivity index (χ1) is 14.1. The molecule has 8 nitrogen and oxygen atoms in total. The zero-order valence-electron chi connectivity index (χ0n) is 15.5. The van der Waals surface area contributed by atoms with E-state index in [1.54, 1.807) is 41.3 Å². The molecular formula is C21H17N5O3. The second kappa shape index (κ2) is 7.81. The van der Waals surface area contributed by atoms with Crippen molar-refractivity contribution in [2.45, 2.75) is 6.92 Å². The lowest BCUT2D eigenvalue weighted by molar-refractivity contribution is 0.0846. The summed E-state index contributed by atoms with van der Waals surface area (Å²) < 4.78 is 7.24. The highest BCUT2D eigenvalue weighted by atomic mass is 16.3. The van der Waals surface area contributed by atoms with Gasteiger partial charge in [-0.3, -0.25) is 25.4 Å². The number of hydrazine groups is 1. The number of rotatable bonds is 4. The summed E-state index contributed by atoms with van der Waals surface area (Å²) in [5, 5.41) is 4.51. The first kappa shape index (κ1) is 18.2. The topological polar surface area (TPSA) is 102 Å². The molecular weight excluding hydrogens is 370 g/mol. The molecule has 4 aromatic rings. The van der Waals surface area contributed by atoms with Gasteiger partial charge in [0.15, 0.2) is 5.76 Å². The van der Waals surface area contributed by atoms with Gasteiger partial charge in [0.05, 0.1) is 16.8 Å². The number of carbonyl (C=O) groups excluding carboxylic acids is 2. The number of nitrogens with zero attached hydrogens (tertiary/aromatic N) is 3. The zero-order valence-corrected chi connectivity index (χ0v) is 15.5. The molecule has 8 heteroatoms. The molecule has 0 aliphatic heterocycles. The number of benzene rings is 1. The van der Waals surface area contributed by atoms with E-state index in [1.165, 1.54) is 6.20 Å². The average molecular weight is 387 g/mol. The molecule has 4 rings (SSSR count). The molecule has 29 heavy (non-hydrogen) atoms. The molecule has 0 fully saturated rings. The van der Waals surface area contributed by atoms with E-state index in [4.69, 9.17) is 4.42 Å². The third-order valence-electron chi connectivity index (χ3n) is 4.17. The van der Waals surface area contributed by atoms with Gasteiger partial charge < -0.3 is 4.42 Å². The summed E-state index contributed by atoms with van der Waals surface area (Å²) in [6, 6.07) is 16.2. The van der Waals surface area contributed by atoms with Crippen LogP contribution in [0.15, 0.2) is 77.6 Å². The van der Waals surface area contributed by atoms with Gasteiger partial charge >= 0.3 is 0 Å². The Bertz CT molecular complexity index is 1150. The summed E-state index contributed by atoms with van der Waals surface area (Å²) in [5.41, 5.74) is 6.55. The van der Waals surface area contributed by atoms with E-state index in [0.717, 1.165) is 5.69 Å². The fourth-order valence-corrected chi connectivity index (χ4v) is 2.75. The third kappa shape index (κ3) is 3.91. The van der Waals surface area contributed by atoms with Crippen molar-refractivity contribution in [1.82, 2.24) is 25.6 Å². The molecule has 0 saturated heterocycles. The van der Waals surface area contributed by atoms with Crippen LogP contribution < -0.4 is 10.9 Å². The minimum absolute atomic E-state index is 0.259. The Hall–Kier alpha value is -4.20. The van der Waals surface area contributed by atoms with E-state index < -0.39 is 11.8 Å². The molecule has 0 bridgehead atoms. The van der Waals surface area contributed by atoms with Gasteiger partial charge in [-0.2, -0.15) is 5.10 Å². The van der Waals surface area contributed by atoms with Crippen LogP contribution in [-0.4, -0.2) is 26.6 Å². The normalized spacial score (nSPS) is 10.5. The summed E-state index contributed by atoms with van der Waals surface area (Å²) >= 11 is 0. The molecule has 0 spiro atoms. The number of carbonyl (C=O) groups is 2. The first-order valence-electron chi connectivity index (χ1n) is 8.84. The van der Waals surface area contributed by atoms with E-state index in [9.17, 15) is 9.59 Å². The van der Waals surface area contributed by atoms with Crippen molar-refractivity contribution in [3.8, 4) is 17.1 Å². The van der Waals surface area contributed by atoms with Crippen molar-refractivity contribution in [3.05, 3.63) is 90.1 Å². The number of hydrogen-bond acceptors (Lipinski definition) is 5. The Kier molecular flexibility index (Phi) is 4.90. The molecule has 3 heterocycles. The quantitative estimate of drug-likeness (QED) is 0.524. The van der Waals surface area contributed by atoms with Crippen LogP contribution >= 0.6 is 0 Å². The summed E-state index contributed by atoms with van der Waals surface area (Å²) in [6.07, 6.45) is 4.56.